The maximum atomic E-state index is 10.1. The molecule has 2 unspecified atom stereocenters. The molecule has 0 amide bonds. The lowest BCUT2D eigenvalue weighted by Gasteiger charge is -2.28. The zero-order valence-corrected chi connectivity index (χ0v) is 13.3. The highest BCUT2D eigenvalue weighted by atomic mass is 16.5. The van der Waals surface area contributed by atoms with Crippen LogP contribution in [0.4, 0.5) is 0 Å². The summed E-state index contributed by atoms with van der Waals surface area (Å²) in [6.07, 6.45) is 3.18. The van der Waals surface area contributed by atoms with Crippen molar-refractivity contribution in [3.63, 3.8) is 0 Å². The van der Waals surface area contributed by atoms with Crippen molar-refractivity contribution in [2.24, 2.45) is 5.41 Å². The second-order valence-corrected chi connectivity index (χ2v) is 6.46. The van der Waals surface area contributed by atoms with E-state index < -0.39 is 6.10 Å². The predicted molar refractivity (Wildman–Crippen MR) is 83.9 cm³/mol. The van der Waals surface area contributed by atoms with Gasteiger partial charge in [-0.2, -0.15) is 0 Å². The van der Waals surface area contributed by atoms with E-state index in [0.717, 1.165) is 0 Å². The van der Waals surface area contributed by atoms with Crippen molar-refractivity contribution in [2.45, 2.75) is 45.3 Å². The Hall–Kier alpha value is -1.26. The highest BCUT2D eigenvalue weighted by molar-refractivity contribution is 5.39. The van der Waals surface area contributed by atoms with E-state index in [0.29, 0.717) is 29.5 Å². The van der Waals surface area contributed by atoms with Crippen LogP contribution in [0.2, 0.25) is 0 Å². The Kier molecular flexibility index (Phi) is 5.48. The molecule has 0 heterocycles. The Labute approximate surface area is 127 Å². The second-order valence-electron chi connectivity index (χ2n) is 6.46. The predicted octanol–water partition coefficient (Wildman–Crippen LogP) is 2.60. The normalized spacial score (nSPS) is 22.0. The maximum Gasteiger partial charge on any atom is 0.161 e. The summed E-state index contributed by atoms with van der Waals surface area (Å²) < 4.78 is 10.9. The van der Waals surface area contributed by atoms with E-state index in [2.05, 4.69) is 19.2 Å². The summed E-state index contributed by atoms with van der Waals surface area (Å²) in [5.74, 6) is 1.36. The Morgan fingerprint density at radius 1 is 1.33 bits per heavy atom. The molecule has 2 N–H and O–H groups in total. The smallest absolute Gasteiger partial charge is 0.161 e. The number of methoxy groups -OCH3 is 1. The van der Waals surface area contributed by atoms with Gasteiger partial charge >= 0.3 is 0 Å². The van der Waals surface area contributed by atoms with Gasteiger partial charge in [0.05, 0.1) is 7.11 Å². The average molecular weight is 293 g/mol. The zero-order valence-electron chi connectivity index (χ0n) is 13.3. The molecule has 4 heteroatoms. The van der Waals surface area contributed by atoms with Crippen LogP contribution in [0, 0.1) is 5.41 Å². The molecule has 1 aliphatic carbocycles. The van der Waals surface area contributed by atoms with E-state index in [-0.39, 0.29) is 6.61 Å². The fourth-order valence-electron chi connectivity index (χ4n) is 2.97. The summed E-state index contributed by atoms with van der Waals surface area (Å²) >= 11 is 0. The van der Waals surface area contributed by atoms with Crippen LogP contribution in [-0.2, 0) is 0 Å². The van der Waals surface area contributed by atoms with Crippen LogP contribution in [0.15, 0.2) is 24.3 Å². The first-order valence-corrected chi connectivity index (χ1v) is 7.70. The van der Waals surface area contributed by atoms with Gasteiger partial charge in [0.25, 0.3) is 0 Å². The van der Waals surface area contributed by atoms with Crippen molar-refractivity contribution in [3.8, 4) is 11.5 Å². The van der Waals surface area contributed by atoms with Gasteiger partial charge in [0, 0.05) is 12.6 Å². The third-order valence-electron chi connectivity index (χ3n) is 4.36. The van der Waals surface area contributed by atoms with Gasteiger partial charge in [-0.1, -0.05) is 32.4 Å². The lowest BCUT2D eigenvalue weighted by atomic mass is 9.87. The molecule has 21 heavy (non-hydrogen) atoms. The monoisotopic (exact) mass is 293 g/mol. The highest BCUT2D eigenvalue weighted by Gasteiger charge is 2.34. The lowest BCUT2D eigenvalue weighted by molar-refractivity contribution is 0.0971. The maximum absolute atomic E-state index is 10.1. The van der Waals surface area contributed by atoms with Crippen LogP contribution < -0.4 is 14.8 Å². The molecule has 1 aromatic rings. The third-order valence-corrected chi connectivity index (χ3v) is 4.36. The molecule has 0 spiro atoms. The van der Waals surface area contributed by atoms with E-state index >= 15 is 0 Å². The molecule has 0 bridgehead atoms. The molecule has 118 valence electrons. The van der Waals surface area contributed by atoms with Crippen molar-refractivity contribution in [3.05, 3.63) is 24.3 Å². The summed E-state index contributed by atoms with van der Waals surface area (Å²) in [6, 6.07) is 7.97. The first kappa shape index (κ1) is 16.1. The number of ether oxygens (including phenoxy) is 2. The Morgan fingerprint density at radius 3 is 2.67 bits per heavy atom. The molecule has 4 nitrogen and oxygen atoms in total. The number of hydrogen-bond donors (Lipinski definition) is 2. The van der Waals surface area contributed by atoms with Crippen LogP contribution in [0.5, 0.6) is 11.5 Å². The summed E-state index contributed by atoms with van der Waals surface area (Å²) in [5, 5.41) is 13.6. The van der Waals surface area contributed by atoms with Gasteiger partial charge in [0.2, 0.25) is 0 Å². The standard InChI is InChI=1S/C17H27NO3/c1-17(2)10-6-9-16(17)18-11-13(19)12-21-15-8-5-4-7-14(15)20-3/h4-5,7-8,13,16,18-19H,6,9-12H2,1-3H3. The number of rotatable bonds is 7. The fourth-order valence-corrected chi connectivity index (χ4v) is 2.97. The van der Waals surface area contributed by atoms with Crippen LogP contribution in [0.3, 0.4) is 0 Å². The fraction of sp³-hybridized carbons (Fsp3) is 0.647. The van der Waals surface area contributed by atoms with Crippen LogP contribution >= 0.6 is 0 Å². The van der Waals surface area contributed by atoms with Crippen LogP contribution in [-0.4, -0.2) is 37.5 Å². The number of aliphatic hydroxyl groups excluding tert-OH is 1. The van der Waals surface area contributed by atoms with Crippen molar-refractivity contribution in [1.29, 1.82) is 0 Å². The van der Waals surface area contributed by atoms with Gasteiger partial charge in [-0.15, -0.1) is 0 Å². The van der Waals surface area contributed by atoms with Gasteiger partial charge in [-0.3, -0.25) is 0 Å². The lowest BCUT2D eigenvalue weighted by Crippen LogP contribution is -2.43. The average Bonchev–Trinajstić information content (AvgIpc) is 2.82. The van der Waals surface area contributed by atoms with Crippen molar-refractivity contribution in [1.82, 2.24) is 5.32 Å². The van der Waals surface area contributed by atoms with E-state index in [1.54, 1.807) is 7.11 Å². The molecule has 0 aromatic heterocycles. The van der Waals surface area contributed by atoms with Gasteiger partial charge in [0.15, 0.2) is 11.5 Å². The quantitative estimate of drug-likeness (QED) is 0.811. The number of benzene rings is 1. The van der Waals surface area contributed by atoms with E-state index in [1.807, 2.05) is 24.3 Å². The van der Waals surface area contributed by atoms with Gasteiger partial charge in [-0.25, -0.2) is 0 Å². The van der Waals surface area contributed by atoms with Crippen molar-refractivity contribution >= 4 is 0 Å². The molecule has 0 radical (unpaired) electrons. The van der Waals surface area contributed by atoms with Crippen molar-refractivity contribution < 1.29 is 14.6 Å². The van der Waals surface area contributed by atoms with E-state index in [1.165, 1.54) is 19.3 Å². The molecule has 2 rings (SSSR count). The minimum atomic E-state index is -0.522. The summed E-state index contributed by atoms with van der Waals surface area (Å²) in [5.41, 5.74) is 0.323. The molecular weight excluding hydrogens is 266 g/mol. The Bertz CT molecular complexity index is 447. The first-order chi connectivity index (χ1) is 10.0. The minimum absolute atomic E-state index is 0.264. The van der Waals surface area contributed by atoms with Gasteiger partial charge < -0.3 is 19.9 Å². The van der Waals surface area contributed by atoms with Gasteiger partial charge in [0.1, 0.15) is 12.7 Å². The topological polar surface area (TPSA) is 50.7 Å². The molecule has 1 fully saturated rings. The number of nitrogens with one attached hydrogen (secondary N) is 1. The second kappa shape index (κ2) is 7.14. The van der Waals surface area contributed by atoms with Crippen molar-refractivity contribution in [2.75, 3.05) is 20.3 Å². The zero-order chi connectivity index (χ0) is 15.3. The molecule has 1 aromatic carbocycles. The molecule has 0 aliphatic heterocycles. The molecule has 1 saturated carbocycles. The Balaban J connectivity index is 1.76. The SMILES string of the molecule is COc1ccccc1OCC(O)CNC1CCCC1(C)C. The molecule has 2 atom stereocenters. The third kappa shape index (κ3) is 4.35. The number of aliphatic hydroxyl groups is 1. The van der Waals surface area contributed by atoms with Gasteiger partial charge in [-0.05, 0) is 30.4 Å². The minimum Gasteiger partial charge on any atom is -0.493 e. The number of para-hydroxylation sites is 2. The van der Waals surface area contributed by atoms with E-state index in [4.69, 9.17) is 9.47 Å². The Morgan fingerprint density at radius 2 is 2.05 bits per heavy atom. The summed E-state index contributed by atoms with van der Waals surface area (Å²) in [6.45, 7) is 5.40. The molecule has 0 saturated heterocycles. The van der Waals surface area contributed by atoms with Crippen LogP contribution in [0.25, 0.3) is 0 Å². The molecular formula is C17H27NO3. The first-order valence-electron chi connectivity index (χ1n) is 7.70. The molecule has 1 aliphatic rings. The highest BCUT2D eigenvalue weighted by Crippen LogP contribution is 2.37. The number of hydrogen-bond acceptors (Lipinski definition) is 4. The summed E-state index contributed by atoms with van der Waals surface area (Å²) in [4.78, 5) is 0. The van der Waals surface area contributed by atoms with Crippen LogP contribution in [0.1, 0.15) is 33.1 Å². The van der Waals surface area contributed by atoms with E-state index in [9.17, 15) is 5.11 Å². The summed E-state index contributed by atoms with van der Waals surface area (Å²) in [7, 11) is 1.61. The largest absolute Gasteiger partial charge is 0.493 e.